The van der Waals surface area contributed by atoms with Crippen LogP contribution in [0.4, 0.5) is 5.69 Å². The van der Waals surface area contributed by atoms with Crippen molar-refractivity contribution in [2.75, 3.05) is 19.5 Å². The van der Waals surface area contributed by atoms with Gasteiger partial charge in [0.05, 0.1) is 31.0 Å². The molecule has 1 aromatic heterocycles. The minimum Gasteiger partial charge on any atom is -0.497 e. The van der Waals surface area contributed by atoms with Crippen molar-refractivity contribution in [3.8, 4) is 22.8 Å². The number of aromatic nitrogens is 1. The van der Waals surface area contributed by atoms with Crippen LogP contribution in [0.15, 0.2) is 72.8 Å². The van der Waals surface area contributed by atoms with Crippen molar-refractivity contribution < 1.29 is 14.3 Å². The number of carbonyl (C=O) groups excluding carboxylic acids is 1. The van der Waals surface area contributed by atoms with E-state index >= 15 is 0 Å². The summed E-state index contributed by atoms with van der Waals surface area (Å²) >= 11 is 0. The molecule has 0 bridgehead atoms. The molecule has 5 heteroatoms. The van der Waals surface area contributed by atoms with E-state index in [2.05, 4.69) is 31.3 Å². The van der Waals surface area contributed by atoms with Gasteiger partial charge in [0.1, 0.15) is 11.5 Å². The van der Waals surface area contributed by atoms with Crippen LogP contribution >= 0.6 is 0 Å². The molecule has 0 fully saturated rings. The molecule has 5 nitrogen and oxygen atoms in total. The standard InChI is InChI=1S/C28H28N2O3/c1-5-18(2)19-10-12-20(13-11-19)29-28(31)24-17-26(30-25-9-7-6-8-22(24)25)23-15-14-21(32-3)16-27(23)33-4/h6-18H,5H2,1-4H3,(H,29,31)/t18-/m1/s1. The quantitative estimate of drug-likeness (QED) is 0.348. The second-order valence-electron chi connectivity index (χ2n) is 8.02. The summed E-state index contributed by atoms with van der Waals surface area (Å²) in [6.07, 6.45) is 1.08. The number of ether oxygens (including phenoxy) is 2. The van der Waals surface area contributed by atoms with Gasteiger partial charge in [-0.3, -0.25) is 4.79 Å². The van der Waals surface area contributed by atoms with Crippen molar-refractivity contribution in [2.45, 2.75) is 26.2 Å². The van der Waals surface area contributed by atoms with E-state index in [-0.39, 0.29) is 5.91 Å². The zero-order chi connectivity index (χ0) is 23.4. The molecule has 33 heavy (non-hydrogen) atoms. The van der Waals surface area contributed by atoms with E-state index in [0.717, 1.165) is 28.6 Å². The highest BCUT2D eigenvalue weighted by atomic mass is 16.5. The highest BCUT2D eigenvalue weighted by Gasteiger charge is 2.17. The van der Waals surface area contributed by atoms with Crippen LogP contribution in [0.2, 0.25) is 0 Å². The van der Waals surface area contributed by atoms with Crippen LogP contribution < -0.4 is 14.8 Å². The predicted octanol–water partition coefficient (Wildman–Crippen LogP) is 6.68. The Kier molecular flexibility index (Phi) is 6.59. The molecule has 3 aromatic carbocycles. The first-order chi connectivity index (χ1) is 16.0. The Hall–Kier alpha value is -3.86. The Morgan fingerprint density at radius 3 is 2.42 bits per heavy atom. The molecule has 1 N–H and O–H groups in total. The number of amides is 1. The summed E-state index contributed by atoms with van der Waals surface area (Å²) in [7, 11) is 3.22. The third-order valence-corrected chi connectivity index (χ3v) is 6.00. The minimum atomic E-state index is -0.182. The van der Waals surface area contributed by atoms with Crippen LogP contribution in [0.3, 0.4) is 0 Å². The average Bonchev–Trinajstić information content (AvgIpc) is 2.87. The minimum absolute atomic E-state index is 0.182. The number of hydrogen-bond donors (Lipinski definition) is 1. The second kappa shape index (κ2) is 9.74. The van der Waals surface area contributed by atoms with Gasteiger partial charge in [-0.1, -0.05) is 44.2 Å². The molecule has 0 unspecified atom stereocenters. The van der Waals surface area contributed by atoms with E-state index in [9.17, 15) is 4.79 Å². The van der Waals surface area contributed by atoms with Crippen LogP contribution in [-0.4, -0.2) is 25.1 Å². The molecular weight excluding hydrogens is 412 g/mol. The lowest BCUT2D eigenvalue weighted by atomic mass is 9.98. The molecule has 4 rings (SSSR count). The third kappa shape index (κ3) is 4.67. The summed E-state index contributed by atoms with van der Waals surface area (Å²) < 4.78 is 10.9. The summed E-state index contributed by atoms with van der Waals surface area (Å²) in [4.78, 5) is 18.2. The van der Waals surface area contributed by atoms with E-state index < -0.39 is 0 Å². The molecule has 0 saturated carbocycles. The Morgan fingerprint density at radius 2 is 1.73 bits per heavy atom. The number of rotatable bonds is 7. The molecular formula is C28H28N2O3. The van der Waals surface area contributed by atoms with Crippen LogP contribution in [-0.2, 0) is 0 Å². The number of anilines is 1. The van der Waals surface area contributed by atoms with E-state index in [1.54, 1.807) is 14.2 Å². The number of para-hydroxylation sites is 1. The lowest BCUT2D eigenvalue weighted by Crippen LogP contribution is -2.13. The van der Waals surface area contributed by atoms with Gasteiger partial charge in [0, 0.05) is 22.7 Å². The molecule has 1 amide bonds. The molecule has 1 heterocycles. The van der Waals surface area contributed by atoms with Gasteiger partial charge >= 0.3 is 0 Å². The normalized spacial score (nSPS) is 11.8. The highest BCUT2D eigenvalue weighted by molar-refractivity contribution is 6.13. The monoisotopic (exact) mass is 440 g/mol. The predicted molar refractivity (Wildman–Crippen MR) is 133 cm³/mol. The summed E-state index contributed by atoms with van der Waals surface area (Å²) in [5.74, 6) is 1.62. The third-order valence-electron chi connectivity index (χ3n) is 6.00. The van der Waals surface area contributed by atoms with E-state index in [1.807, 2.05) is 60.7 Å². The number of methoxy groups -OCH3 is 2. The Labute approximate surface area is 194 Å². The number of benzene rings is 3. The zero-order valence-corrected chi connectivity index (χ0v) is 19.4. The maximum absolute atomic E-state index is 13.4. The average molecular weight is 441 g/mol. The molecule has 0 aliphatic carbocycles. The van der Waals surface area contributed by atoms with Gasteiger partial charge in [-0.15, -0.1) is 0 Å². The molecule has 4 aromatic rings. The maximum atomic E-state index is 13.4. The van der Waals surface area contributed by atoms with Gasteiger partial charge < -0.3 is 14.8 Å². The summed E-state index contributed by atoms with van der Waals surface area (Å²) in [5, 5.41) is 3.84. The Morgan fingerprint density at radius 1 is 0.970 bits per heavy atom. The number of nitrogens with one attached hydrogen (secondary N) is 1. The van der Waals surface area contributed by atoms with Crippen molar-refractivity contribution in [3.05, 3.63) is 83.9 Å². The fourth-order valence-corrected chi connectivity index (χ4v) is 3.84. The lowest BCUT2D eigenvalue weighted by Gasteiger charge is -2.14. The molecule has 0 spiro atoms. The van der Waals surface area contributed by atoms with Crippen LogP contribution in [0.5, 0.6) is 11.5 Å². The number of fused-ring (bicyclic) bond motifs is 1. The molecule has 0 radical (unpaired) electrons. The number of pyridine rings is 1. The van der Waals surface area contributed by atoms with Crippen molar-refractivity contribution >= 4 is 22.5 Å². The van der Waals surface area contributed by atoms with E-state index in [1.165, 1.54) is 5.56 Å². The van der Waals surface area contributed by atoms with Crippen molar-refractivity contribution in [1.29, 1.82) is 0 Å². The first kappa shape index (κ1) is 22.3. The van der Waals surface area contributed by atoms with Gasteiger partial charge in [0.25, 0.3) is 5.91 Å². The molecule has 168 valence electrons. The van der Waals surface area contributed by atoms with Crippen molar-refractivity contribution in [2.24, 2.45) is 0 Å². The topological polar surface area (TPSA) is 60.5 Å². The summed E-state index contributed by atoms with van der Waals surface area (Å²) in [5.41, 5.74) is 4.77. The maximum Gasteiger partial charge on any atom is 0.256 e. The Balaban J connectivity index is 1.74. The van der Waals surface area contributed by atoms with Crippen molar-refractivity contribution in [1.82, 2.24) is 4.98 Å². The van der Waals surface area contributed by atoms with Crippen molar-refractivity contribution in [3.63, 3.8) is 0 Å². The number of nitrogens with zero attached hydrogens (tertiary/aromatic N) is 1. The Bertz CT molecular complexity index is 1280. The SMILES string of the molecule is CC[C@@H](C)c1ccc(NC(=O)c2cc(-c3ccc(OC)cc3OC)nc3ccccc23)cc1. The van der Waals surface area contributed by atoms with E-state index in [4.69, 9.17) is 14.5 Å². The first-order valence-electron chi connectivity index (χ1n) is 11.1. The fourth-order valence-electron chi connectivity index (χ4n) is 3.84. The van der Waals surface area contributed by atoms with Gasteiger partial charge in [0.2, 0.25) is 0 Å². The molecule has 0 aliphatic heterocycles. The second-order valence-corrected chi connectivity index (χ2v) is 8.02. The van der Waals surface area contributed by atoms with Gasteiger partial charge in [-0.25, -0.2) is 4.98 Å². The van der Waals surface area contributed by atoms with Crippen LogP contribution in [0.25, 0.3) is 22.2 Å². The molecule has 0 saturated heterocycles. The first-order valence-corrected chi connectivity index (χ1v) is 11.1. The summed E-state index contributed by atoms with van der Waals surface area (Å²) in [6.45, 7) is 4.37. The molecule has 0 aliphatic rings. The van der Waals surface area contributed by atoms with Gasteiger partial charge in [-0.05, 0) is 54.3 Å². The molecule has 1 atom stereocenters. The number of carbonyl (C=O) groups is 1. The highest BCUT2D eigenvalue weighted by Crippen LogP contribution is 2.34. The lowest BCUT2D eigenvalue weighted by molar-refractivity contribution is 0.102. The fraction of sp³-hybridized carbons (Fsp3) is 0.214. The summed E-state index contributed by atoms with van der Waals surface area (Å²) in [6, 6.07) is 23.1. The van der Waals surface area contributed by atoms with Crippen LogP contribution in [0.1, 0.15) is 42.1 Å². The van der Waals surface area contributed by atoms with Gasteiger partial charge in [-0.2, -0.15) is 0 Å². The van der Waals surface area contributed by atoms with Crippen LogP contribution in [0, 0.1) is 0 Å². The van der Waals surface area contributed by atoms with Gasteiger partial charge in [0.15, 0.2) is 0 Å². The largest absolute Gasteiger partial charge is 0.497 e. The zero-order valence-electron chi connectivity index (χ0n) is 19.4. The smallest absolute Gasteiger partial charge is 0.256 e. The number of hydrogen-bond acceptors (Lipinski definition) is 4. The van der Waals surface area contributed by atoms with E-state index in [0.29, 0.717) is 28.7 Å².